The van der Waals surface area contributed by atoms with Crippen molar-refractivity contribution < 1.29 is 0 Å². The number of rotatable bonds is 4. The van der Waals surface area contributed by atoms with Crippen molar-refractivity contribution in [3.05, 3.63) is 64.1 Å². The van der Waals surface area contributed by atoms with Gasteiger partial charge in [-0.25, -0.2) is 4.98 Å². The maximum absolute atomic E-state index is 6.24. The lowest BCUT2D eigenvalue weighted by Crippen LogP contribution is -1.89. The quantitative estimate of drug-likeness (QED) is 0.475. The van der Waals surface area contributed by atoms with Crippen molar-refractivity contribution in [1.82, 2.24) is 4.98 Å². The third-order valence-electron chi connectivity index (χ3n) is 4.29. The summed E-state index contributed by atoms with van der Waals surface area (Å²) in [4.78, 5) is 5.71. The molecule has 0 aliphatic carbocycles. The molecule has 1 aromatic heterocycles. The molecule has 3 aromatic rings. The first-order valence-electron chi connectivity index (χ1n) is 8.32. The van der Waals surface area contributed by atoms with E-state index in [1.54, 1.807) is 11.3 Å². The van der Waals surface area contributed by atoms with Gasteiger partial charge in [0.25, 0.3) is 0 Å². The van der Waals surface area contributed by atoms with Crippen LogP contribution in [0.25, 0.3) is 21.7 Å². The molecule has 0 amide bonds. The number of hydrogen-bond donors (Lipinski definition) is 0. The second-order valence-corrected chi connectivity index (χ2v) is 8.28. The predicted octanol–water partition coefficient (Wildman–Crippen LogP) is 7.38. The van der Waals surface area contributed by atoms with E-state index in [2.05, 4.69) is 81.2 Å². The number of halogens is 1. The zero-order valence-corrected chi connectivity index (χ0v) is 16.1. The highest BCUT2D eigenvalue weighted by atomic mass is 35.5. The lowest BCUT2D eigenvalue weighted by molar-refractivity contribution is 0.867. The van der Waals surface area contributed by atoms with Crippen molar-refractivity contribution in [2.45, 2.75) is 39.5 Å². The third-order valence-corrected chi connectivity index (χ3v) is 5.50. The summed E-state index contributed by atoms with van der Waals surface area (Å²) in [7, 11) is 0. The summed E-state index contributed by atoms with van der Waals surface area (Å²) >= 11 is 7.78. The van der Waals surface area contributed by atoms with Gasteiger partial charge in [0.1, 0.15) is 0 Å². The Bertz CT molecular complexity index is 745. The Morgan fingerprint density at radius 1 is 0.750 bits per heavy atom. The Labute approximate surface area is 153 Å². The fourth-order valence-corrected chi connectivity index (χ4v) is 3.87. The van der Waals surface area contributed by atoms with Gasteiger partial charge in [0.15, 0.2) is 4.47 Å². The number of aromatic nitrogens is 1. The fourth-order valence-electron chi connectivity index (χ4n) is 2.73. The van der Waals surface area contributed by atoms with Crippen LogP contribution < -0.4 is 0 Å². The van der Waals surface area contributed by atoms with Crippen LogP contribution in [0.4, 0.5) is 0 Å². The molecule has 3 heteroatoms. The molecule has 0 atom stereocenters. The number of hydrogen-bond acceptors (Lipinski definition) is 2. The van der Waals surface area contributed by atoms with E-state index in [1.165, 1.54) is 16.7 Å². The Morgan fingerprint density at radius 2 is 1.21 bits per heavy atom. The van der Waals surface area contributed by atoms with E-state index in [0.717, 1.165) is 16.1 Å². The molecule has 0 bridgehead atoms. The molecule has 1 heterocycles. The van der Waals surface area contributed by atoms with Crippen LogP contribution in [0.2, 0.25) is 4.47 Å². The van der Waals surface area contributed by atoms with Crippen LogP contribution in [0.1, 0.15) is 50.7 Å². The van der Waals surface area contributed by atoms with E-state index in [0.29, 0.717) is 16.3 Å². The molecular weight excluding hydrogens is 334 g/mol. The van der Waals surface area contributed by atoms with Crippen molar-refractivity contribution in [1.29, 1.82) is 0 Å². The van der Waals surface area contributed by atoms with Crippen LogP contribution >= 0.6 is 22.9 Å². The zero-order valence-electron chi connectivity index (χ0n) is 14.5. The Hall–Kier alpha value is -1.64. The number of benzene rings is 2. The molecule has 0 N–H and O–H groups in total. The summed E-state index contributed by atoms with van der Waals surface area (Å²) in [5, 5.41) is 0. The minimum atomic E-state index is 0.529. The van der Waals surface area contributed by atoms with Crippen molar-refractivity contribution >= 4 is 22.9 Å². The highest BCUT2D eigenvalue weighted by Crippen LogP contribution is 2.39. The van der Waals surface area contributed by atoms with Crippen LogP contribution in [0.3, 0.4) is 0 Å². The molecule has 0 saturated carbocycles. The van der Waals surface area contributed by atoms with Crippen molar-refractivity contribution in [3.63, 3.8) is 0 Å². The minimum Gasteiger partial charge on any atom is -0.224 e. The van der Waals surface area contributed by atoms with E-state index < -0.39 is 0 Å². The topological polar surface area (TPSA) is 12.9 Å². The minimum absolute atomic E-state index is 0.529. The molecular formula is C21H22ClNS. The number of nitrogens with zero attached hydrogens (tertiary/aromatic N) is 1. The van der Waals surface area contributed by atoms with Crippen LogP contribution in [-0.2, 0) is 0 Å². The molecule has 24 heavy (non-hydrogen) atoms. The van der Waals surface area contributed by atoms with Gasteiger partial charge in [-0.15, -0.1) is 11.3 Å². The largest absolute Gasteiger partial charge is 0.224 e. The molecule has 0 fully saturated rings. The van der Waals surface area contributed by atoms with Crippen LogP contribution in [0.15, 0.2) is 48.5 Å². The molecule has 0 saturated heterocycles. The summed E-state index contributed by atoms with van der Waals surface area (Å²) < 4.78 is 0.584. The SMILES string of the molecule is CC(C)c1ccc(-c2nc(Cl)sc2-c2ccc(C(C)C)cc2)cc1. The molecule has 2 aromatic carbocycles. The maximum atomic E-state index is 6.24. The summed E-state index contributed by atoms with van der Waals surface area (Å²) in [6.45, 7) is 8.83. The van der Waals surface area contributed by atoms with Crippen molar-refractivity contribution in [2.24, 2.45) is 0 Å². The lowest BCUT2D eigenvalue weighted by atomic mass is 9.98. The summed E-state index contributed by atoms with van der Waals surface area (Å²) in [6.07, 6.45) is 0. The van der Waals surface area contributed by atoms with Gasteiger partial charge >= 0.3 is 0 Å². The fraction of sp³-hybridized carbons (Fsp3) is 0.286. The first-order chi connectivity index (χ1) is 11.5. The normalized spacial score (nSPS) is 11.5. The third kappa shape index (κ3) is 3.55. The number of thiazole rings is 1. The summed E-state index contributed by atoms with van der Waals surface area (Å²) in [6, 6.07) is 17.4. The monoisotopic (exact) mass is 355 g/mol. The maximum Gasteiger partial charge on any atom is 0.184 e. The van der Waals surface area contributed by atoms with Crippen LogP contribution in [0, 0.1) is 0 Å². The highest BCUT2D eigenvalue weighted by Gasteiger charge is 2.14. The first kappa shape index (κ1) is 17.2. The average molecular weight is 356 g/mol. The molecule has 0 aliphatic heterocycles. The van der Waals surface area contributed by atoms with Gasteiger partial charge in [-0.1, -0.05) is 87.8 Å². The Balaban J connectivity index is 2.01. The van der Waals surface area contributed by atoms with Gasteiger partial charge in [0.05, 0.1) is 10.6 Å². The molecule has 1 nitrogen and oxygen atoms in total. The Kier molecular flexibility index (Phi) is 5.07. The molecule has 124 valence electrons. The zero-order chi connectivity index (χ0) is 17.3. The standard InChI is InChI=1S/C21H22ClNS/c1-13(2)15-5-9-17(10-6-15)19-20(24-21(22)23-19)18-11-7-16(8-12-18)14(3)4/h5-14H,1-4H3. The van der Waals surface area contributed by atoms with Crippen molar-refractivity contribution in [2.75, 3.05) is 0 Å². The molecule has 0 spiro atoms. The Morgan fingerprint density at radius 3 is 1.67 bits per heavy atom. The van der Waals surface area contributed by atoms with Gasteiger partial charge in [-0.3, -0.25) is 0 Å². The van der Waals surface area contributed by atoms with Gasteiger partial charge in [-0.2, -0.15) is 0 Å². The van der Waals surface area contributed by atoms with Crippen molar-refractivity contribution in [3.8, 4) is 21.7 Å². The van der Waals surface area contributed by atoms with E-state index in [9.17, 15) is 0 Å². The highest BCUT2D eigenvalue weighted by molar-refractivity contribution is 7.19. The second kappa shape index (κ2) is 7.08. The lowest BCUT2D eigenvalue weighted by Gasteiger charge is -2.08. The predicted molar refractivity (Wildman–Crippen MR) is 106 cm³/mol. The molecule has 3 rings (SSSR count). The van der Waals surface area contributed by atoms with Gasteiger partial charge in [-0.05, 0) is 28.5 Å². The summed E-state index contributed by atoms with van der Waals surface area (Å²) in [5.74, 6) is 1.06. The first-order valence-corrected chi connectivity index (χ1v) is 9.52. The summed E-state index contributed by atoms with van der Waals surface area (Å²) in [5.41, 5.74) is 5.94. The van der Waals surface area contributed by atoms with E-state index in [4.69, 9.17) is 11.6 Å². The molecule has 0 radical (unpaired) electrons. The van der Waals surface area contributed by atoms with E-state index in [-0.39, 0.29) is 0 Å². The molecule has 0 unspecified atom stereocenters. The van der Waals surface area contributed by atoms with Gasteiger partial charge in [0.2, 0.25) is 0 Å². The molecule has 0 aliphatic rings. The smallest absolute Gasteiger partial charge is 0.184 e. The van der Waals surface area contributed by atoms with Crippen LogP contribution in [-0.4, -0.2) is 4.98 Å². The average Bonchev–Trinajstić information content (AvgIpc) is 2.97. The van der Waals surface area contributed by atoms with Crippen LogP contribution in [0.5, 0.6) is 0 Å². The van der Waals surface area contributed by atoms with Gasteiger partial charge < -0.3 is 0 Å². The van der Waals surface area contributed by atoms with E-state index in [1.807, 2.05) is 0 Å². The van der Waals surface area contributed by atoms with Gasteiger partial charge in [0, 0.05) is 5.56 Å². The second-order valence-electron chi connectivity index (χ2n) is 6.70. The van der Waals surface area contributed by atoms with E-state index >= 15 is 0 Å².